The van der Waals surface area contributed by atoms with Crippen LogP contribution in [0.1, 0.15) is 23.5 Å². The monoisotopic (exact) mass is 238 g/mol. The second-order valence-corrected chi connectivity index (χ2v) is 5.61. The summed E-state index contributed by atoms with van der Waals surface area (Å²) in [5.41, 5.74) is 0. The zero-order valence-electron chi connectivity index (χ0n) is 7.00. The Morgan fingerprint density at radius 2 is 2.38 bits per heavy atom. The molecule has 3 nitrogen and oxygen atoms in total. The van der Waals surface area contributed by atoms with Crippen LogP contribution in [-0.4, -0.2) is 8.42 Å². The molecule has 0 spiro atoms. The van der Waals surface area contributed by atoms with Gasteiger partial charge in [-0.25, -0.2) is 3.63 Å². The smallest absolute Gasteiger partial charge is 0.201 e. The minimum Gasteiger partial charge on any atom is -0.201 e. The van der Waals surface area contributed by atoms with Crippen molar-refractivity contribution in [2.24, 2.45) is 0 Å². The molecule has 1 aromatic rings. The van der Waals surface area contributed by atoms with Gasteiger partial charge in [0.05, 0.1) is 0 Å². The first kappa shape index (κ1) is 11.0. The van der Waals surface area contributed by atoms with E-state index in [1.165, 1.54) is 11.3 Å². The van der Waals surface area contributed by atoms with Crippen molar-refractivity contribution in [2.45, 2.75) is 18.6 Å². The van der Waals surface area contributed by atoms with E-state index in [9.17, 15) is 8.42 Å². The van der Waals surface area contributed by atoms with Crippen LogP contribution in [0.3, 0.4) is 0 Å². The highest BCUT2D eigenvalue weighted by molar-refractivity contribution is 7.95. The van der Waals surface area contributed by atoms with Gasteiger partial charge < -0.3 is 0 Å². The highest BCUT2D eigenvalue weighted by Gasteiger charge is 2.26. The number of rotatable bonds is 4. The molecule has 1 unspecified atom stereocenters. The molecule has 1 heterocycles. The van der Waals surface area contributed by atoms with Gasteiger partial charge in [0.15, 0.2) is 0 Å². The van der Waals surface area contributed by atoms with Crippen molar-refractivity contribution in [1.29, 1.82) is 0 Å². The van der Waals surface area contributed by atoms with Crippen LogP contribution in [0.2, 0.25) is 0 Å². The van der Waals surface area contributed by atoms with E-state index in [0.717, 1.165) is 4.88 Å². The minimum absolute atomic E-state index is 0.489. The van der Waals surface area contributed by atoms with E-state index in [0.29, 0.717) is 6.42 Å². The number of hydrogen-bond acceptors (Lipinski definition) is 5. The molecule has 0 N–H and O–H groups in total. The number of thiophene rings is 1. The molecular formula is C7H10O3S3. The third-order valence-corrected chi connectivity index (χ3v) is 4.93. The van der Waals surface area contributed by atoms with Gasteiger partial charge in [0.2, 0.25) is 0 Å². The van der Waals surface area contributed by atoms with Crippen molar-refractivity contribution in [1.82, 2.24) is 0 Å². The van der Waals surface area contributed by atoms with Crippen LogP contribution < -0.4 is 0 Å². The molecule has 0 aromatic carbocycles. The fourth-order valence-corrected chi connectivity index (χ4v) is 3.57. The molecule has 0 fully saturated rings. The standard InChI is InChI=1S/C7H10O3S3/c1-2-7(13(8,9)10-11)6-4-3-5-12-6/h3-5,7,11H,2H2,1H3. The quantitative estimate of drug-likeness (QED) is 0.647. The molecule has 74 valence electrons. The highest BCUT2D eigenvalue weighted by atomic mass is 32.3. The second-order valence-electron chi connectivity index (χ2n) is 2.48. The van der Waals surface area contributed by atoms with Crippen molar-refractivity contribution in [2.75, 3.05) is 0 Å². The lowest BCUT2D eigenvalue weighted by Gasteiger charge is -2.10. The topological polar surface area (TPSA) is 43.4 Å². The van der Waals surface area contributed by atoms with Gasteiger partial charge in [-0.3, -0.25) is 0 Å². The van der Waals surface area contributed by atoms with Crippen LogP contribution in [0.15, 0.2) is 17.5 Å². The average Bonchev–Trinajstić information content (AvgIpc) is 2.58. The Bertz CT molecular complexity index is 341. The Hall–Kier alpha value is -0.0400. The molecule has 0 amide bonds. The Labute approximate surface area is 87.5 Å². The largest absolute Gasteiger partial charge is 0.285 e. The Morgan fingerprint density at radius 3 is 2.77 bits per heavy atom. The lowest BCUT2D eigenvalue weighted by atomic mass is 10.3. The van der Waals surface area contributed by atoms with E-state index < -0.39 is 15.4 Å². The normalized spacial score (nSPS) is 14.3. The molecule has 13 heavy (non-hydrogen) atoms. The van der Waals surface area contributed by atoms with E-state index in [-0.39, 0.29) is 0 Å². The molecule has 0 radical (unpaired) electrons. The minimum atomic E-state index is -3.56. The van der Waals surface area contributed by atoms with Gasteiger partial charge in [0.25, 0.3) is 10.1 Å². The maximum Gasteiger partial charge on any atom is 0.285 e. The Kier molecular flexibility index (Phi) is 3.78. The maximum atomic E-state index is 11.3. The average molecular weight is 238 g/mol. The van der Waals surface area contributed by atoms with Crippen LogP contribution >= 0.6 is 24.2 Å². The summed E-state index contributed by atoms with van der Waals surface area (Å²) >= 11 is 4.75. The first-order chi connectivity index (χ1) is 6.11. The summed E-state index contributed by atoms with van der Waals surface area (Å²) in [5.74, 6) is 0. The van der Waals surface area contributed by atoms with Crippen LogP contribution in [0.25, 0.3) is 0 Å². The summed E-state index contributed by atoms with van der Waals surface area (Å²) in [6.45, 7) is 1.80. The molecule has 1 rings (SSSR count). The van der Waals surface area contributed by atoms with Crippen LogP contribution in [0.4, 0.5) is 0 Å². The summed E-state index contributed by atoms with van der Waals surface area (Å²) in [7, 11) is -3.56. The lowest BCUT2D eigenvalue weighted by molar-refractivity contribution is 0.504. The van der Waals surface area contributed by atoms with Gasteiger partial charge in [0, 0.05) is 4.88 Å². The van der Waals surface area contributed by atoms with Gasteiger partial charge in [-0.05, 0) is 30.8 Å². The van der Waals surface area contributed by atoms with Gasteiger partial charge in [-0.1, -0.05) is 13.0 Å². The SMILES string of the molecule is CCC(c1cccs1)S(=O)(=O)OS. The molecule has 1 aromatic heterocycles. The first-order valence-corrected chi connectivity index (χ1v) is 6.43. The van der Waals surface area contributed by atoms with Crippen LogP contribution in [-0.2, 0) is 13.7 Å². The van der Waals surface area contributed by atoms with Crippen molar-refractivity contribution >= 4 is 34.4 Å². The zero-order chi connectivity index (χ0) is 9.90. The summed E-state index contributed by atoms with van der Waals surface area (Å²) in [4.78, 5) is 0.788. The summed E-state index contributed by atoms with van der Waals surface area (Å²) < 4.78 is 26.9. The molecule has 0 saturated carbocycles. The predicted octanol–water partition coefficient (Wildman–Crippen LogP) is 2.39. The second kappa shape index (κ2) is 4.45. The van der Waals surface area contributed by atoms with Crippen molar-refractivity contribution < 1.29 is 12.0 Å². The highest BCUT2D eigenvalue weighted by Crippen LogP contribution is 2.30. The molecule has 0 saturated heterocycles. The summed E-state index contributed by atoms with van der Waals surface area (Å²) in [6.07, 6.45) is 0.489. The van der Waals surface area contributed by atoms with Crippen molar-refractivity contribution in [3.05, 3.63) is 22.4 Å². The summed E-state index contributed by atoms with van der Waals surface area (Å²) in [5, 5.41) is 1.25. The van der Waals surface area contributed by atoms with Gasteiger partial charge in [-0.15, -0.1) is 11.3 Å². The Morgan fingerprint density at radius 1 is 1.69 bits per heavy atom. The predicted molar refractivity (Wildman–Crippen MR) is 56.3 cm³/mol. The van der Waals surface area contributed by atoms with Gasteiger partial charge >= 0.3 is 0 Å². The van der Waals surface area contributed by atoms with Crippen LogP contribution in [0, 0.1) is 0 Å². The maximum absolute atomic E-state index is 11.3. The molecule has 6 heteroatoms. The summed E-state index contributed by atoms with van der Waals surface area (Å²) in [6, 6.07) is 3.60. The molecule has 0 aliphatic heterocycles. The van der Waals surface area contributed by atoms with Crippen LogP contribution in [0.5, 0.6) is 0 Å². The molecule has 0 aliphatic rings. The molecule has 1 atom stereocenters. The van der Waals surface area contributed by atoms with E-state index in [2.05, 4.69) is 16.5 Å². The van der Waals surface area contributed by atoms with Gasteiger partial charge in [-0.2, -0.15) is 8.42 Å². The van der Waals surface area contributed by atoms with E-state index >= 15 is 0 Å². The number of thiol groups is 1. The van der Waals surface area contributed by atoms with Crippen molar-refractivity contribution in [3.8, 4) is 0 Å². The fourth-order valence-electron chi connectivity index (χ4n) is 1.07. The Balaban J connectivity index is 3.00. The lowest BCUT2D eigenvalue weighted by Crippen LogP contribution is -2.10. The zero-order valence-corrected chi connectivity index (χ0v) is 9.53. The van der Waals surface area contributed by atoms with E-state index in [1.807, 2.05) is 11.4 Å². The number of hydrogen-bond donors (Lipinski definition) is 1. The third kappa shape index (κ3) is 2.46. The molecule has 0 bridgehead atoms. The fraction of sp³-hybridized carbons (Fsp3) is 0.429. The van der Waals surface area contributed by atoms with E-state index in [1.54, 1.807) is 13.0 Å². The molecular weight excluding hydrogens is 228 g/mol. The van der Waals surface area contributed by atoms with E-state index in [4.69, 9.17) is 0 Å². The first-order valence-electron chi connectivity index (χ1n) is 3.72. The van der Waals surface area contributed by atoms with Gasteiger partial charge in [0.1, 0.15) is 5.25 Å². The molecule has 0 aliphatic carbocycles. The van der Waals surface area contributed by atoms with Crippen molar-refractivity contribution in [3.63, 3.8) is 0 Å². The third-order valence-electron chi connectivity index (χ3n) is 1.68.